The number of ether oxygens (including phenoxy) is 1. The van der Waals surface area contributed by atoms with E-state index < -0.39 is 17.4 Å². The molecule has 2 aliphatic rings. The molecule has 3 N–H and O–H groups in total. The van der Waals surface area contributed by atoms with E-state index in [0.717, 1.165) is 49.8 Å². The van der Waals surface area contributed by atoms with Crippen LogP contribution in [0, 0.1) is 0 Å². The maximum atomic E-state index is 12.8. The van der Waals surface area contributed by atoms with E-state index in [2.05, 4.69) is 21.4 Å². The lowest BCUT2D eigenvalue weighted by atomic mass is 9.99. The molecular formula is C29H30ClN3O4S. The number of methoxy groups -OCH3 is 1. The van der Waals surface area contributed by atoms with Crippen molar-refractivity contribution in [2.75, 3.05) is 19.0 Å². The fourth-order valence-electron chi connectivity index (χ4n) is 5.30. The van der Waals surface area contributed by atoms with Gasteiger partial charge in [-0.15, -0.1) is 4.72 Å². The molecular weight excluding hydrogens is 522 g/mol. The minimum atomic E-state index is -1.69. The van der Waals surface area contributed by atoms with E-state index in [1.807, 2.05) is 12.1 Å². The third-order valence-corrected chi connectivity index (χ3v) is 8.45. The number of carbonyl (C=O) groups excluding carboxylic acids is 2. The van der Waals surface area contributed by atoms with Crippen molar-refractivity contribution in [3.8, 4) is 5.75 Å². The van der Waals surface area contributed by atoms with Crippen molar-refractivity contribution >= 4 is 40.6 Å². The summed E-state index contributed by atoms with van der Waals surface area (Å²) in [5.74, 6) is 0.184. The van der Waals surface area contributed by atoms with E-state index >= 15 is 0 Å². The van der Waals surface area contributed by atoms with Crippen LogP contribution in [0.25, 0.3) is 0 Å². The van der Waals surface area contributed by atoms with Gasteiger partial charge >= 0.3 is 6.03 Å². The predicted molar refractivity (Wildman–Crippen MR) is 150 cm³/mol. The second kappa shape index (κ2) is 11.7. The van der Waals surface area contributed by atoms with Crippen LogP contribution in [0.4, 0.5) is 10.5 Å². The first-order chi connectivity index (χ1) is 18.4. The Labute approximate surface area is 230 Å². The van der Waals surface area contributed by atoms with Crippen molar-refractivity contribution in [3.05, 3.63) is 86.9 Å². The first-order valence-electron chi connectivity index (χ1n) is 12.8. The van der Waals surface area contributed by atoms with Crippen molar-refractivity contribution < 1.29 is 18.9 Å². The summed E-state index contributed by atoms with van der Waals surface area (Å²) in [6, 6.07) is 13.9. The first kappa shape index (κ1) is 26.4. The zero-order valence-electron chi connectivity index (χ0n) is 21.2. The molecule has 7 nitrogen and oxygen atoms in total. The molecule has 0 aromatic heterocycles. The number of nitrogens with one attached hydrogen (secondary N) is 3. The molecule has 0 spiro atoms. The number of anilines is 1. The molecule has 0 radical (unpaired) electrons. The van der Waals surface area contributed by atoms with Crippen LogP contribution in [0.5, 0.6) is 5.75 Å². The van der Waals surface area contributed by atoms with Crippen LogP contribution in [0.2, 0.25) is 5.02 Å². The van der Waals surface area contributed by atoms with Gasteiger partial charge in [-0.25, -0.2) is 4.79 Å². The monoisotopic (exact) mass is 551 g/mol. The van der Waals surface area contributed by atoms with E-state index in [1.54, 1.807) is 30.3 Å². The molecule has 0 saturated heterocycles. The topological polar surface area (TPSA) is 103 Å². The highest BCUT2D eigenvalue weighted by molar-refractivity contribution is 7.90. The first-order valence-corrected chi connectivity index (χ1v) is 14.3. The zero-order valence-corrected chi connectivity index (χ0v) is 22.8. The Hall–Kier alpha value is -3.20. The highest BCUT2D eigenvalue weighted by atomic mass is 35.5. The minimum absolute atomic E-state index is 0.271. The third kappa shape index (κ3) is 5.77. The van der Waals surface area contributed by atoms with Gasteiger partial charge in [-0.05, 0) is 103 Å². The van der Waals surface area contributed by atoms with Crippen LogP contribution in [-0.4, -0.2) is 30.1 Å². The SMILES string of the molecule is COc1ccc(Cl)cc1C(=O)NCCc1ccc([S+]([O-])NC(=O)Nc2c3c(cc4c2CCC4)CCC3)cc1. The van der Waals surface area contributed by atoms with Crippen LogP contribution in [-0.2, 0) is 43.5 Å². The van der Waals surface area contributed by atoms with E-state index in [4.69, 9.17) is 16.3 Å². The van der Waals surface area contributed by atoms with Crippen molar-refractivity contribution in [2.24, 2.45) is 0 Å². The summed E-state index contributed by atoms with van der Waals surface area (Å²) in [5, 5.41) is 6.34. The van der Waals surface area contributed by atoms with Gasteiger partial charge in [0.2, 0.25) is 0 Å². The van der Waals surface area contributed by atoms with Gasteiger partial charge in [0, 0.05) is 17.3 Å². The van der Waals surface area contributed by atoms with E-state index in [1.165, 1.54) is 29.4 Å². The Bertz CT molecular complexity index is 1330. The fourth-order valence-corrected chi connectivity index (χ4v) is 6.19. The number of halogens is 1. The highest BCUT2D eigenvalue weighted by Gasteiger charge is 2.26. The molecule has 1 atom stereocenters. The normalized spacial score (nSPS) is 14.4. The number of amides is 3. The quantitative estimate of drug-likeness (QED) is 0.337. The van der Waals surface area contributed by atoms with Crippen LogP contribution in [0.3, 0.4) is 0 Å². The minimum Gasteiger partial charge on any atom is -0.588 e. The smallest absolute Gasteiger partial charge is 0.361 e. The van der Waals surface area contributed by atoms with Crippen molar-refractivity contribution in [1.82, 2.24) is 10.0 Å². The number of hydrogen-bond acceptors (Lipinski definition) is 4. The van der Waals surface area contributed by atoms with Gasteiger partial charge in [0.1, 0.15) is 17.1 Å². The standard InChI is InChI=1S/C29H30ClN3O4S/c1-37-26-13-10-21(30)17-25(26)28(34)31-15-14-18-8-11-22(12-9-18)38(36)33-29(35)32-27-23-6-2-4-19(23)16-20-5-3-7-24(20)27/h8-13,16-17H,2-7,14-15H2,1H3,(H,31,34)(H2,32,33,35). The molecule has 9 heteroatoms. The number of rotatable bonds is 8. The Morgan fingerprint density at radius 2 is 1.66 bits per heavy atom. The number of benzene rings is 3. The molecule has 0 heterocycles. The van der Waals surface area contributed by atoms with Gasteiger partial charge < -0.3 is 19.9 Å². The largest absolute Gasteiger partial charge is 0.588 e. The van der Waals surface area contributed by atoms with Gasteiger partial charge in [-0.3, -0.25) is 4.79 Å². The molecule has 0 bridgehead atoms. The number of hydrogen-bond donors (Lipinski definition) is 3. The number of carbonyl (C=O) groups is 2. The maximum Gasteiger partial charge on any atom is 0.361 e. The number of urea groups is 1. The summed E-state index contributed by atoms with van der Waals surface area (Å²) in [6.45, 7) is 0.406. The number of fused-ring (bicyclic) bond motifs is 2. The summed E-state index contributed by atoms with van der Waals surface area (Å²) in [5.41, 5.74) is 7.40. The lowest BCUT2D eigenvalue weighted by Gasteiger charge is -2.17. The van der Waals surface area contributed by atoms with E-state index in [9.17, 15) is 14.1 Å². The van der Waals surface area contributed by atoms with Gasteiger partial charge in [-0.2, -0.15) is 0 Å². The van der Waals surface area contributed by atoms with Gasteiger partial charge in [-0.1, -0.05) is 29.8 Å². The lowest BCUT2D eigenvalue weighted by Crippen LogP contribution is -2.35. The number of aryl methyl sites for hydroxylation is 2. The molecule has 3 aromatic carbocycles. The summed E-state index contributed by atoms with van der Waals surface area (Å²) < 4.78 is 20.7. The molecule has 1 unspecified atom stereocenters. The van der Waals surface area contributed by atoms with Gasteiger partial charge in [0.05, 0.1) is 12.7 Å². The lowest BCUT2D eigenvalue weighted by molar-refractivity contribution is 0.0951. The third-order valence-electron chi connectivity index (χ3n) is 7.14. The molecule has 0 aliphatic heterocycles. The second-order valence-electron chi connectivity index (χ2n) is 9.55. The Morgan fingerprint density at radius 3 is 2.32 bits per heavy atom. The molecule has 0 fully saturated rings. The average molecular weight is 552 g/mol. The van der Waals surface area contributed by atoms with Crippen LogP contribution < -0.4 is 20.1 Å². The van der Waals surface area contributed by atoms with Gasteiger partial charge in [0.15, 0.2) is 4.90 Å². The summed E-state index contributed by atoms with van der Waals surface area (Å²) >= 11 is 4.32. The summed E-state index contributed by atoms with van der Waals surface area (Å²) in [4.78, 5) is 25.8. The molecule has 198 valence electrons. The fraction of sp³-hybridized carbons (Fsp3) is 0.310. The van der Waals surface area contributed by atoms with Crippen molar-refractivity contribution in [1.29, 1.82) is 0 Å². The van der Waals surface area contributed by atoms with Gasteiger partial charge in [0.25, 0.3) is 5.91 Å². The second-order valence-corrected chi connectivity index (χ2v) is 11.2. The maximum absolute atomic E-state index is 12.8. The Morgan fingerprint density at radius 1 is 0.974 bits per heavy atom. The Balaban J connectivity index is 1.15. The zero-order chi connectivity index (χ0) is 26.6. The summed E-state index contributed by atoms with van der Waals surface area (Å²) in [6.07, 6.45) is 6.83. The molecule has 0 saturated carbocycles. The molecule has 38 heavy (non-hydrogen) atoms. The molecule has 2 aliphatic carbocycles. The Kier molecular flexibility index (Phi) is 8.12. The highest BCUT2D eigenvalue weighted by Crippen LogP contribution is 2.38. The predicted octanol–water partition coefficient (Wildman–Crippen LogP) is 5.14. The molecule has 3 amide bonds. The van der Waals surface area contributed by atoms with E-state index in [-0.39, 0.29) is 5.91 Å². The van der Waals surface area contributed by atoms with Crippen molar-refractivity contribution in [2.45, 2.75) is 49.8 Å². The van der Waals surface area contributed by atoms with Crippen LogP contribution >= 0.6 is 11.6 Å². The van der Waals surface area contributed by atoms with Crippen molar-refractivity contribution in [3.63, 3.8) is 0 Å². The van der Waals surface area contributed by atoms with Crippen LogP contribution in [0.15, 0.2) is 53.4 Å². The summed E-state index contributed by atoms with van der Waals surface area (Å²) in [7, 11) is 1.50. The molecule has 5 rings (SSSR count). The van der Waals surface area contributed by atoms with E-state index in [0.29, 0.717) is 34.2 Å². The van der Waals surface area contributed by atoms with Crippen LogP contribution in [0.1, 0.15) is 51.0 Å². The average Bonchev–Trinajstić information content (AvgIpc) is 3.58. The molecule has 3 aromatic rings.